The predicted octanol–water partition coefficient (Wildman–Crippen LogP) is 8.15. The molecule has 1 heterocycles. The third-order valence-electron chi connectivity index (χ3n) is 7.28. The molecule has 1 rings (SSSR count). The summed E-state index contributed by atoms with van der Waals surface area (Å²) in [5.74, 6) is 2.64. The highest BCUT2D eigenvalue weighted by Crippen LogP contribution is 2.19. The van der Waals surface area contributed by atoms with Gasteiger partial charge in [-0.05, 0) is 82.4 Å². The van der Waals surface area contributed by atoms with E-state index >= 15 is 0 Å². The number of unbranched alkanes of at least 4 members (excludes halogenated alkanes) is 9. The summed E-state index contributed by atoms with van der Waals surface area (Å²) < 4.78 is 5.91. The van der Waals surface area contributed by atoms with Crippen LogP contribution in [-0.2, 0) is 9.53 Å². The zero-order chi connectivity index (χ0) is 25.2. The monoisotopic (exact) mass is 513 g/mol. The van der Waals surface area contributed by atoms with E-state index in [4.69, 9.17) is 4.74 Å². The minimum absolute atomic E-state index is 0.0305. The Bertz CT molecular complexity index is 449. The van der Waals surface area contributed by atoms with E-state index in [1.165, 1.54) is 114 Å². The van der Waals surface area contributed by atoms with Crippen molar-refractivity contribution in [2.24, 2.45) is 0 Å². The van der Waals surface area contributed by atoms with Crippen LogP contribution in [0.3, 0.4) is 0 Å². The van der Waals surface area contributed by atoms with E-state index in [1.54, 1.807) is 0 Å². The molecule has 1 N–H and O–H groups in total. The standard InChI is InChI=1S/C30H59NO3S/c1-2-3-4-5-9-16-23-31(25-26-32)24-17-10-6-7-15-22-30(33)34-29-20-13-8-11-18-27-35-28-19-12-14-21-29/h29,32H,2-28H2,1H3. The molecule has 0 saturated carbocycles. The van der Waals surface area contributed by atoms with E-state index in [-0.39, 0.29) is 18.7 Å². The molecule has 1 aliphatic heterocycles. The van der Waals surface area contributed by atoms with E-state index in [0.29, 0.717) is 6.42 Å². The first-order valence-corrected chi connectivity index (χ1v) is 16.5. The Balaban J connectivity index is 2.08. The number of hydrogen-bond acceptors (Lipinski definition) is 5. The van der Waals surface area contributed by atoms with Crippen molar-refractivity contribution in [1.82, 2.24) is 4.90 Å². The van der Waals surface area contributed by atoms with Gasteiger partial charge < -0.3 is 14.7 Å². The number of rotatable bonds is 18. The smallest absolute Gasteiger partial charge is 0.306 e. The first-order chi connectivity index (χ1) is 17.3. The van der Waals surface area contributed by atoms with Gasteiger partial charge in [0.15, 0.2) is 0 Å². The topological polar surface area (TPSA) is 49.8 Å². The van der Waals surface area contributed by atoms with Gasteiger partial charge in [-0.3, -0.25) is 4.79 Å². The normalized spacial score (nSPS) is 18.5. The van der Waals surface area contributed by atoms with Gasteiger partial charge in [0.1, 0.15) is 6.10 Å². The lowest BCUT2D eigenvalue weighted by Gasteiger charge is -2.21. The fourth-order valence-electron chi connectivity index (χ4n) is 5.02. The van der Waals surface area contributed by atoms with Crippen molar-refractivity contribution in [2.45, 2.75) is 148 Å². The van der Waals surface area contributed by atoms with Gasteiger partial charge in [-0.2, -0.15) is 11.8 Å². The molecule has 0 aromatic heterocycles. The van der Waals surface area contributed by atoms with Crippen LogP contribution in [0.4, 0.5) is 0 Å². The maximum absolute atomic E-state index is 12.4. The molecule has 0 aliphatic carbocycles. The summed E-state index contributed by atoms with van der Waals surface area (Å²) in [6.45, 7) is 5.55. The quantitative estimate of drug-likeness (QED) is 0.148. The number of hydrogen-bond donors (Lipinski definition) is 1. The van der Waals surface area contributed by atoms with Crippen LogP contribution in [-0.4, -0.2) is 59.8 Å². The van der Waals surface area contributed by atoms with Gasteiger partial charge in [0.05, 0.1) is 6.61 Å². The van der Waals surface area contributed by atoms with Crippen molar-refractivity contribution < 1.29 is 14.6 Å². The molecule has 0 radical (unpaired) electrons. The zero-order valence-corrected chi connectivity index (χ0v) is 24.1. The molecule has 1 fully saturated rings. The summed E-state index contributed by atoms with van der Waals surface area (Å²) in [6, 6.07) is 0. The molecule has 5 heteroatoms. The minimum atomic E-state index is 0.0305. The van der Waals surface area contributed by atoms with E-state index < -0.39 is 0 Å². The van der Waals surface area contributed by atoms with Crippen molar-refractivity contribution in [1.29, 1.82) is 0 Å². The molecule has 208 valence electrons. The van der Waals surface area contributed by atoms with Crippen LogP contribution < -0.4 is 0 Å². The molecular weight excluding hydrogens is 454 g/mol. The van der Waals surface area contributed by atoms with E-state index in [2.05, 4.69) is 23.6 Å². The highest BCUT2D eigenvalue weighted by atomic mass is 32.2. The Morgan fingerprint density at radius 1 is 0.743 bits per heavy atom. The van der Waals surface area contributed by atoms with Gasteiger partial charge in [0, 0.05) is 13.0 Å². The second-order valence-corrected chi connectivity index (χ2v) is 11.9. The van der Waals surface area contributed by atoms with E-state index in [1.807, 2.05) is 0 Å². The van der Waals surface area contributed by atoms with Crippen LogP contribution in [0.1, 0.15) is 142 Å². The van der Waals surface area contributed by atoms with Gasteiger partial charge in [0.2, 0.25) is 0 Å². The van der Waals surface area contributed by atoms with Crippen LogP contribution in [0.5, 0.6) is 0 Å². The molecule has 1 aliphatic rings. The Kier molecular flexibility index (Phi) is 23.8. The lowest BCUT2D eigenvalue weighted by Crippen LogP contribution is -2.29. The van der Waals surface area contributed by atoms with Crippen molar-refractivity contribution in [3.05, 3.63) is 0 Å². The summed E-state index contributed by atoms with van der Waals surface area (Å²) in [6.07, 6.45) is 25.4. The van der Waals surface area contributed by atoms with Crippen LogP contribution in [0.15, 0.2) is 0 Å². The Hall–Kier alpha value is -0.260. The average Bonchev–Trinajstić information content (AvgIpc) is 2.88. The number of thioether (sulfide) groups is 1. The summed E-state index contributed by atoms with van der Waals surface area (Å²) in [5.41, 5.74) is 0. The van der Waals surface area contributed by atoms with E-state index in [0.717, 1.165) is 45.3 Å². The number of ether oxygens (including phenoxy) is 1. The van der Waals surface area contributed by atoms with E-state index in [9.17, 15) is 9.90 Å². The first kappa shape index (κ1) is 32.8. The number of aliphatic hydroxyl groups is 1. The maximum Gasteiger partial charge on any atom is 0.306 e. The maximum atomic E-state index is 12.4. The second kappa shape index (κ2) is 25.4. The highest BCUT2D eigenvalue weighted by Gasteiger charge is 2.14. The first-order valence-electron chi connectivity index (χ1n) is 15.4. The molecule has 0 spiro atoms. The van der Waals surface area contributed by atoms with Gasteiger partial charge in [-0.15, -0.1) is 0 Å². The minimum Gasteiger partial charge on any atom is -0.462 e. The van der Waals surface area contributed by atoms with Crippen molar-refractivity contribution in [3.8, 4) is 0 Å². The van der Waals surface area contributed by atoms with Gasteiger partial charge >= 0.3 is 5.97 Å². The van der Waals surface area contributed by atoms with Gasteiger partial charge in [-0.1, -0.05) is 77.6 Å². The van der Waals surface area contributed by atoms with Crippen LogP contribution in [0, 0.1) is 0 Å². The third kappa shape index (κ3) is 21.5. The second-order valence-electron chi connectivity index (χ2n) is 10.6. The largest absolute Gasteiger partial charge is 0.462 e. The molecule has 1 saturated heterocycles. The summed E-state index contributed by atoms with van der Waals surface area (Å²) in [7, 11) is 0. The van der Waals surface area contributed by atoms with Crippen molar-refractivity contribution in [3.63, 3.8) is 0 Å². The predicted molar refractivity (Wildman–Crippen MR) is 153 cm³/mol. The molecule has 4 nitrogen and oxygen atoms in total. The lowest BCUT2D eigenvalue weighted by atomic mass is 10.0. The molecule has 0 aromatic carbocycles. The van der Waals surface area contributed by atoms with Crippen LogP contribution >= 0.6 is 11.8 Å². The molecule has 0 aromatic rings. The molecule has 35 heavy (non-hydrogen) atoms. The molecular formula is C30H59NO3S. The fraction of sp³-hybridized carbons (Fsp3) is 0.967. The average molecular weight is 514 g/mol. The summed E-state index contributed by atoms with van der Waals surface area (Å²) in [4.78, 5) is 14.8. The fourth-order valence-corrected chi connectivity index (χ4v) is 6.04. The number of carbonyl (C=O) groups excluding carboxylic acids is 1. The van der Waals surface area contributed by atoms with Gasteiger partial charge in [-0.25, -0.2) is 0 Å². The third-order valence-corrected chi connectivity index (χ3v) is 8.43. The Morgan fingerprint density at radius 2 is 1.29 bits per heavy atom. The highest BCUT2D eigenvalue weighted by molar-refractivity contribution is 7.99. The Morgan fingerprint density at radius 3 is 1.91 bits per heavy atom. The lowest BCUT2D eigenvalue weighted by molar-refractivity contribution is -0.150. The van der Waals surface area contributed by atoms with Crippen molar-refractivity contribution >= 4 is 17.7 Å². The SMILES string of the molecule is CCCCCCCCN(CCO)CCCCCCCC(=O)OC1CCCCCCSCCCCC1. The number of esters is 1. The molecule has 0 amide bonds. The number of aliphatic hydroxyl groups excluding tert-OH is 1. The zero-order valence-electron chi connectivity index (χ0n) is 23.3. The summed E-state index contributed by atoms with van der Waals surface area (Å²) in [5, 5.41) is 9.36. The van der Waals surface area contributed by atoms with Crippen LogP contribution in [0.2, 0.25) is 0 Å². The van der Waals surface area contributed by atoms with Crippen molar-refractivity contribution in [2.75, 3.05) is 37.7 Å². The van der Waals surface area contributed by atoms with Crippen LogP contribution in [0.25, 0.3) is 0 Å². The number of carbonyl (C=O) groups is 1. The molecule has 0 bridgehead atoms. The summed E-state index contributed by atoms with van der Waals surface area (Å²) >= 11 is 2.11. The molecule has 1 atom stereocenters. The van der Waals surface area contributed by atoms with Gasteiger partial charge in [0.25, 0.3) is 0 Å². The molecule has 1 unspecified atom stereocenters. The Labute approximate surface area is 222 Å². The number of nitrogens with zero attached hydrogens (tertiary/aromatic N) is 1.